The van der Waals surface area contributed by atoms with E-state index in [0.717, 1.165) is 17.7 Å². The molecule has 0 unspecified atom stereocenters. The number of esters is 1. The SMILES string of the molecule is CC(=O)OC[C@@]12CO[C@@H]3c4ccccc4O[C@@](C)(C[C@H]1C)[C@@H]3[C@@H]2C. The van der Waals surface area contributed by atoms with Gasteiger partial charge < -0.3 is 14.2 Å². The molecule has 4 rings (SSSR count). The second kappa shape index (κ2) is 5.22. The molecule has 4 nitrogen and oxygen atoms in total. The summed E-state index contributed by atoms with van der Waals surface area (Å²) in [5.74, 6) is 1.73. The standard InChI is InChI=1S/C20H26O4/c1-12-9-19(4)17-13(2)20(12,10-22-14(3)21)11-23-18(17)15-7-5-6-8-16(15)24-19/h5-8,12-13,17-18H,9-11H2,1-4H3/t12-,13+,17-,18-,19+,20-/m1/s1. The van der Waals surface area contributed by atoms with Crippen LogP contribution in [-0.2, 0) is 14.3 Å². The van der Waals surface area contributed by atoms with E-state index in [0.29, 0.717) is 25.0 Å². The fourth-order valence-corrected chi connectivity index (χ4v) is 5.49. The van der Waals surface area contributed by atoms with Crippen LogP contribution >= 0.6 is 0 Å². The summed E-state index contributed by atoms with van der Waals surface area (Å²) in [7, 11) is 0. The molecule has 2 bridgehead atoms. The molecule has 0 spiro atoms. The molecule has 0 N–H and O–H groups in total. The predicted octanol–water partition coefficient (Wildman–Crippen LogP) is 3.75. The van der Waals surface area contributed by atoms with E-state index in [4.69, 9.17) is 14.2 Å². The molecule has 3 aliphatic rings. The topological polar surface area (TPSA) is 44.8 Å². The second-order valence-corrected chi connectivity index (χ2v) is 8.12. The van der Waals surface area contributed by atoms with E-state index in [-0.39, 0.29) is 29.0 Å². The number of hydrogen-bond acceptors (Lipinski definition) is 4. The van der Waals surface area contributed by atoms with Crippen molar-refractivity contribution in [1.82, 2.24) is 0 Å². The molecular formula is C20H26O4. The van der Waals surface area contributed by atoms with Crippen LogP contribution in [0.15, 0.2) is 24.3 Å². The van der Waals surface area contributed by atoms with Crippen molar-refractivity contribution < 1.29 is 19.0 Å². The van der Waals surface area contributed by atoms with Gasteiger partial charge in [-0.3, -0.25) is 4.79 Å². The number of carbonyl (C=O) groups excluding carboxylic acids is 1. The first-order valence-corrected chi connectivity index (χ1v) is 8.90. The van der Waals surface area contributed by atoms with Crippen LogP contribution in [0.2, 0.25) is 0 Å². The van der Waals surface area contributed by atoms with Gasteiger partial charge in [0.15, 0.2) is 0 Å². The van der Waals surface area contributed by atoms with Gasteiger partial charge in [0.2, 0.25) is 0 Å². The maximum absolute atomic E-state index is 11.4. The minimum atomic E-state index is -0.238. The largest absolute Gasteiger partial charge is 0.487 e. The Kier molecular flexibility index (Phi) is 3.47. The Labute approximate surface area is 143 Å². The molecule has 24 heavy (non-hydrogen) atoms. The van der Waals surface area contributed by atoms with Crippen molar-refractivity contribution in [2.45, 2.75) is 45.8 Å². The van der Waals surface area contributed by atoms with Crippen molar-refractivity contribution in [2.24, 2.45) is 23.2 Å². The van der Waals surface area contributed by atoms with Crippen LogP contribution in [0, 0.1) is 23.2 Å². The van der Waals surface area contributed by atoms with Crippen LogP contribution in [-0.4, -0.2) is 24.8 Å². The Morgan fingerprint density at radius 2 is 2.08 bits per heavy atom. The van der Waals surface area contributed by atoms with E-state index >= 15 is 0 Å². The molecule has 1 aromatic rings. The summed E-state index contributed by atoms with van der Waals surface area (Å²) in [5.41, 5.74) is 0.794. The summed E-state index contributed by atoms with van der Waals surface area (Å²) >= 11 is 0. The Hall–Kier alpha value is -1.55. The number of para-hydroxylation sites is 1. The van der Waals surface area contributed by atoms with Gasteiger partial charge in [-0.15, -0.1) is 0 Å². The number of benzene rings is 1. The first kappa shape index (κ1) is 15.9. The molecule has 1 aliphatic carbocycles. The van der Waals surface area contributed by atoms with Crippen LogP contribution in [0.3, 0.4) is 0 Å². The van der Waals surface area contributed by atoms with Crippen LogP contribution in [0.1, 0.15) is 45.8 Å². The lowest BCUT2D eigenvalue weighted by molar-refractivity contribution is -0.261. The van der Waals surface area contributed by atoms with Crippen molar-refractivity contribution in [2.75, 3.05) is 13.2 Å². The quantitative estimate of drug-likeness (QED) is 0.775. The summed E-state index contributed by atoms with van der Waals surface area (Å²) in [5, 5.41) is 0. The third-order valence-electron chi connectivity index (χ3n) is 6.81. The van der Waals surface area contributed by atoms with E-state index < -0.39 is 0 Å². The number of carbonyl (C=O) groups is 1. The molecule has 0 amide bonds. The van der Waals surface area contributed by atoms with Gasteiger partial charge in [-0.2, -0.15) is 0 Å². The van der Waals surface area contributed by atoms with Crippen LogP contribution in [0.5, 0.6) is 5.75 Å². The number of fused-ring (bicyclic) bond motifs is 3. The van der Waals surface area contributed by atoms with Gasteiger partial charge in [0, 0.05) is 23.8 Å². The average Bonchev–Trinajstić information content (AvgIpc) is 2.52. The second-order valence-electron chi connectivity index (χ2n) is 8.12. The van der Waals surface area contributed by atoms with Crippen LogP contribution in [0.25, 0.3) is 0 Å². The Bertz CT molecular complexity index is 671. The Morgan fingerprint density at radius 3 is 2.83 bits per heavy atom. The van der Waals surface area contributed by atoms with E-state index in [1.54, 1.807) is 0 Å². The minimum absolute atomic E-state index is 0.0629. The highest BCUT2D eigenvalue weighted by molar-refractivity contribution is 5.65. The van der Waals surface area contributed by atoms with Crippen molar-refractivity contribution in [3.8, 4) is 5.75 Å². The molecule has 4 heteroatoms. The Balaban J connectivity index is 1.76. The highest BCUT2D eigenvalue weighted by Crippen LogP contribution is 2.63. The van der Waals surface area contributed by atoms with Gasteiger partial charge in [-0.1, -0.05) is 32.0 Å². The maximum atomic E-state index is 11.4. The monoisotopic (exact) mass is 330 g/mol. The third-order valence-corrected chi connectivity index (χ3v) is 6.81. The van der Waals surface area contributed by atoms with E-state index in [2.05, 4.69) is 26.8 Å². The van der Waals surface area contributed by atoms with E-state index in [1.165, 1.54) is 6.92 Å². The normalized spacial score (nSPS) is 42.7. The third kappa shape index (κ3) is 2.05. The number of ether oxygens (including phenoxy) is 3. The zero-order chi connectivity index (χ0) is 17.1. The smallest absolute Gasteiger partial charge is 0.302 e. The molecule has 0 radical (unpaired) electrons. The first-order valence-electron chi connectivity index (χ1n) is 8.90. The van der Waals surface area contributed by atoms with Crippen molar-refractivity contribution in [3.05, 3.63) is 29.8 Å². The molecule has 1 saturated carbocycles. The van der Waals surface area contributed by atoms with Crippen molar-refractivity contribution in [1.29, 1.82) is 0 Å². The van der Waals surface area contributed by atoms with E-state index in [1.807, 2.05) is 18.2 Å². The fourth-order valence-electron chi connectivity index (χ4n) is 5.49. The lowest BCUT2D eigenvalue weighted by Crippen LogP contribution is -2.66. The number of rotatable bonds is 2. The molecule has 6 atom stereocenters. The maximum Gasteiger partial charge on any atom is 0.302 e. The molecule has 0 aromatic heterocycles. The van der Waals surface area contributed by atoms with Crippen LogP contribution in [0.4, 0.5) is 0 Å². The van der Waals surface area contributed by atoms with Gasteiger partial charge in [-0.25, -0.2) is 0 Å². The lowest BCUT2D eigenvalue weighted by atomic mass is 9.50. The molecule has 2 heterocycles. The summed E-state index contributed by atoms with van der Waals surface area (Å²) in [4.78, 5) is 11.4. The van der Waals surface area contributed by atoms with E-state index in [9.17, 15) is 4.79 Å². The molecule has 130 valence electrons. The highest BCUT2D eigenvalue weighted by atomic mass is 16.5. The van der Waals surface area contributed by atoms with Gasteiger partial charge in [-0.05, 0) is 31.2 Å². The molecule has 2 aliphatic heterocycles. The summed E-state index contributed by atoms with van der Waals surface area (Å²) in [6.07, 6.45) is 1.02. The fraction of sp³-hybridized carbons (Fsp3) is 0.650. The van der Waals surface area contributed by atoms with Gasteiger partial charge in [0.1, 0.15) is 11.4 Å². The highest BCUT2D eigenvalue weighted by Gasteiger charge is 2.64. The average molecular weight is 330 g/mol. The van der Waals surface area contributed by atoms with Crippen LogP contribution < -0.4 is 4.74 Å². The van der Waals surface area contributed by atoms with Gasteiger partial charge in [0.25, 0.3) is 0 Å². The minimum Gasteiger partial charge on any atom is -0.487 e. The van der Waals surface area contributed by atoms with Gasteiger partial charge >= 0.3 is 5.97 Å². The summed E-state index contributed by atoms with van der Waals surface area (Å²) in [6.45, 7) is 9.30. The van der Waals surface area contributed by atoms with Gasteiger partial charge in [0.05, 0.1) is 19.3 Å². The predicted molar refractivity (Wildman–Crippen MR) is 89.7 cm³/mol. The Morgan fingerprint density at radius 1 is 1.33 bits per heavy atom. The summed E-state index contributed by atoms with van der Waals surface area (Å²) < 4.78 is 18.4. The number of hydrogen-bond donors (Lipinski definition) is 0. The zero-order valence-electron chi connectivity index (χ0n) is 14.9. The molecule has 2 fully saturated rings. The first-order chi connectivity index (χ1) is 11.4. The molecular weight excluding hydrogens is 304 g/mol. The van der Waals surface area contributed by atoms with Crippen molar-refractivity contribution in [3.63, 3.8) is 0 Å². The lowest BCUT2D eigenvalue weighted by Gasteiger charge is -2.63. The molecule has 1 aromatic carbocycles. The summed E-state index contributed by atoms with van der Waals surface area (Å²) in [6, 6.07) is 8.23. The molecule has 1 saturated heterocycles. The zero-order valence-corrected chi connectivity index (χ0v) is 14.9. The van der Waals surface area contributed by atoms with Crippen molar-refractivity contribution >= 4 is 5.97 Å².